The number of H-pyrrole nitrogens is 1. The zero-order chi connectivity index (χ0) is 14.6. The zero-order valence-corrected chi connectivity index (χ0v) is 11.7. The third-order valence-corrected chi connectivity index (χ3v) is 4.44. The molecule has 0 atom stereocenters. The first-order valence-electron chi connectivity index (χ1n) is 5.95. The van der Waals surface area contributed by atoms with Gasteiger partial charge in [0.05, 0.1) is 25.1 Å². The fourth-order valence-electron chi connectivity index (χ4n) is 1.70. The second-order valence-corrected chi connectivity index (χ2v) is 6.07. The average molecular weight is 294 g/mol. The molecule has 0 saturated carbocycles. The predicted molar refractivity (Wildman–Crippen MR) is 69.9 cm³/mol. The van der Waals surface area contributed by atoms with Gasteiger partial charge in [0, 0.05) is 13.0 Å². The van der Waals surface area contributed by atoms with Crippen LogP contribution in [0.15, 0.2) is 34.0 Å². The molecule has 0 spiro atoms. The SMILES string of the molecule is Cc1ncc(S(=O)(=O)N(CCC#N)Cc2ccco2)[nH]1. The molecular formula is C12H14N4O3S. The van der Waals surface area contributed by atoms with E-state index in [9.17, 15) is 8.42 Å². The second-order valence-electron chi connectivity index (χ2n) is 4.16. The van der Waals surface area contributed by atoms with Crippen molar-refractivity contribution in [3.8, 4) is 6.07 Å². The number of rotatable bonds is 6. The lowest BCUT2D eigenvalue weighted by atomic mass is 10.4. The summed E-state index contributed by atoms with van der Waals surface area (Å²) in [4.78, 5) is 6.59. The zero-order valence-electron chi connectivity index (χ0n) is 10.9. The maximum atomic E-state index is 12.5. The molecule has 0 amide bonds. The van der Waals surface area contributed by atoms with Gasteiger partial charge in [-0.05, 0) is 19.1 Å². The summed E-state index contributed by atoms with van der Waals surface area (Å²) in [6.07, 6.45) is 2.85. The normalized spacial score (nSPS) is 11.7. The molecule has 7 nitrogen and oxygen atoms in total. The van der Waals surface area contributed by atoms with E-state index in [1.54, 1.807) is 19.1 Å². The first-order valence-corrected chi connectivity index (χ1v) is 7.39. The smallest absolute Gasteiger partial charge is 0.260 e. The Morgan fingerprint density at radius 2 is 2.35 bits per heavy atom. The van der Waals surface area contributed by atoms with Crippen molar-refractivity contribution in [2.45, 2.75) is 24.9 Å². The van der Waals surface area contributed by atoms with Crippen LogP contribution >= 0.6 is 0 Å². The predicted octanol–water partition coefficient (Wildman–Crippen LogP) is 1.42. The molecule has 0 unspecified atom stereocenters. The van der Waals surface area contributed by atoms with Crippen molar-refractivity contribution in [2.75, 3.05) is 6.54 Å². The monoisotopic (exact) mass is 294 g/mol. The van der Waals surface area contributed by atoms with Crippen LogP contribution in [0.4, 0.5) is 0 Å². The van der Waals surface area contributed by atoms with Gasteiger partial charge in [0.25, 0.3) is 10.0 Å². The van der Waals surface area contributed by atoms with Gasteiger partial charge in [-0.2, -0.15) is 9.57 Å². The molecule has 2 rings (SSSR count). The number of aromatic amines is 1. The number of imidazole rings is 1. The molecule has 106 valence electrons. The van der Waals surface area contributed by atoms with E-state index in [0.717, 1.165) is 0 Å². The molecule has 0 bridgehead atoms. The number of hydrogen-bond donors (Lipinski definition) is 1. The number of aryl methyl sites for hydroxylation is 1. The number of nitrogens with zero attached hydrogens (tertiary/aromatic N) is 3. The highest BCUT2D eigenvalue weighted by Crippen LogP contribution is 2.17. The molecule has 1 N–H and O–H groups in total. The van der Waals surface area contributed by atoms with Crippen LogP contribution in [0.1, 0.15) is 18.0 Å². The summed E-state index contributed by atoms with van der Waals surface area (Å²) >= 11 is 0. The Morgan fingerprint density at radius 3 is 2.90 bits per heavy atom. The highest BCUT2D eigenvalue weighted by Gasteiger charge is 2.26. The molecule has 20 heavy (non-hydrogen) atoms. The molecule has 0 fully saturated rings. The summed E-state index contributed by atoms with van der Waals surface area (Å²) in [5.74, 6) is 1.03. The van der Waals surface area contributed by atoms with Gasteiger partial charge < -0.3 is 9.40 Å². The van der Waals surface area contributed by atoms with Crippen molar-refractivity contribution in [1.82, 2.24) is 14.3 Å². The number of nitrogens with one attached hydrogen (secondary N) is 1. The Labute approximate surface area is 116 Å². The Hall–Kier alpha value is -2.11. The van der Waals surface area contributed by atoms with Crippen LogP contribution in [-0.4, -0.2) is 29.2 Å². The van der Waals surface area contributed by atoms with Crippen molar-refractivity contribution < 1.29 is 12.8 Å². The first-order chi connectivity index (χ1) is 9.54. The van der Waals surface area contributed by atoms with Gasteiger partial charge in [-0.3, -0.25) is 0 Å². The number of hydrogen-bond acceptors (Lipinski definition) is 5. The molecule has 2 aromatic rings. The Bertz CT molecular complexity index is 697. The minimum absolute atomic E-state index is 0.0134. The molecule has 0 aliphatic rings. The van der Waals surface area contributed by atoms with E-state index < -0.39 is 10.0 Å². The number of sulfonamides is 1. The summed E-state index contributed by atoms with van der Waals surface area (Å²) < 4.78 is 31.3. The van der Waals surface area contributed by atoms with Crippen LogP contribution in [0.2, 0.25) is 0 Å². The van der Waals surface area contributed by atoms with E-state index in [2.05, 4.69) is 9.97 Å². The first kappa shape index (κ1) is 14.3. The van der Waals surface area contributed by atoms with Crippen LogP contribution in [0, 0.1) is 18.3 Å². The van der Waals surface area contributed by atoms with Gasteiger partial charge in [-0.25, -0.2) is 13.4 Å². The van der Waals surface area contributed by atoms with E-state index in [1.165, 1.54) is 16.8 Å². The average Bonchev–Trinajstić information content (AvgIpc) is 3.05. The topological polar surface area (TPSA) is 103 Å². The Morgan fingerprint density at radius 1 is 1.55 bits per heavy atom. The Balaban J connectivity index is 2.27. The lowest BCUT2D eigenvalue weighted by Gasteiger charge is -2.18. The number of aromatic nitrogens is 2. The maximum absolute atomic E-state index is 12.5. The minimum atomic E-state index is -3.72. The molecule has 0 saturated heterocycles. The highest BCUT2D eigenvalue weighted by atomic mass is 32.2. The van der Waals surface area contributed by atoms with Gasteiger partial charge in [-0.1, -0.05) is 0 Å². The van der Waals surface area contributed by atoms with Crippen molar-refractivity contribution >= 4 is 10.0 Å². The summed E-state index contributed by atoms with van der Waals surface area (Å²) in [5.41, 5.74) is 0. The van der Waals surface area contributed by atoms with E-state index in [1.807, 2.05) is 6.07 Å². The third-order valence-electron chi connectivity index (χ3n) is 2.68. The van der Waals surface area contributed by atoms with Crippen molar-refractivity contribution in [1.29, 1.82) is 5.26 Å². The maximum Gasteiger partial charge on any atom is 0.260 e. The highest BCUT2D eigenvalue weighted by molar-refractivity contribution is 7.89. The van der Waals surface area contributed by atoms with Crippen LogP contribution in [0.3, 0.4) is 0 Å². The minimum Gasteiger partial charge on any atom is -0.468 e. The van der Waals surface area contributed by atoms with E-state index >= 15 is 0 Å². The third kappa shape index (κ3) is 3.07. The molecule has 2 aromatic heterocycles. The quantitative estimate of drug-likeness (QED) is 0.867. The van der Waals surface area contributed by atoms with E-state index in [4.69, 9.17) is 9.68 Å². The van der Waals surface area contributed by atoms with E-state index in [-0.39, 0.29) is 24.5 Å². The number of furan rings is 1. The van der Waals surface area contributed by atoms with Gasteiger partial charge in [0.15, 0.2) is 5.03 Å². The van der Waals surface area contributed by atoms with Gasteiger partial charge >= 0.3 is 0 Å². The number of nitriles is 1. The van der Waals surface area contributed by atoms with Crippen LogP contribution in [0.25, 0.3) is 0 Å². The molecule has 0 aromatic carbocycles. The van der Waals surface area contributed by atoms with E-state index in [0.29, 0.717) is 11.6 Å². The molecule has 8 heteroatoms. The van der Waals surface area contributed by atoms with Crippen LogP contribution in [0.5, 0.6) is 0 Å². The standard InChI is InChI=1S/C12H14N4O3S/c1-10-14-8-12(15-10)20(17,18)16(6-3-5-13)9-11-4-2-7-19-11/h2,4,7-8H,3,6,9H2,1H3,(H,14,15). The molecule has 0 aliphatic heterocycles. The van der Waals surface area contributed by atoms with Crippen LogP contribution < -0.4 is 0 Å². The largest absolute Gasteiger partial charge is 0.468 e. The van der Waals surface area contributed by atoms with Gasteiger partial charge in [0.1, 0.15) is 11.6 Å². The summed E-state index contributed by atoms with van der Waals surface area (Å²) in [5, 5.41) is 8.68. The van der Waals surface area contributed by atoms with Crippen molar-refractivity contribution in [2.24, 2.45) is 0 Å². The fourth-order valence-corrected chi connectivity index (χ4v) is 3.07. The van der Waals surface area contributed by atoms with Gasteiger partial charge in [0.2, 0.25) is 0 Å². The molecule has 2 heterocycles. The molecular weight excluding hydrogens is 280 g/mol. The molecule has 0 radical (unpaired) electrons. The lowest BCUT2D eigenvalue weighted by molar-refractivity contribution is 0.367. The molecule has 0 aliphatic carbocycles. The van der Waals surface area contributed by atoms with Crippen molar-refractivity contribution in [3.05, 3.63) is 36.2 Å². The summed E-state index contributed by atoms with van der Waals surface area (Å²) in [7, 11) is -3.72. The van der Waals surface area contributed by atoms with Crippen LogP contribution in [-0.2, 0) is 16.6 Å². The Kier molecular flexibility index (Phi) is 4.22. The summed E-state index contributed by atoms with van der Waals surface area (Å²) in [6, 6.07) is 5.32. The fraction of sp³-hybridized carbons (Fsp3) is 0.333. The van der Waals surface area contributed by atoms with Crippen molar-refractivity contribution in [3.63, 3.8) is 0 Å². The lowest BCUT2D eigenvalue weighted by Crippen LogP contribution is -2.31. The second kappa shape index (κ2) is 5.90. The summed E-state index contributed by atoms with van der Waals surface area (Å²) in [6.45, 7) is 1.85. The van der Waals surface area contributed by atoms with Gasteiger partial charge in [-0.15, -0.1) is 0 Å².